The van der Waals surface area contributed by atoms with Gasteiger partial charge in [0.25, 0.3) is 5.91 Å². The normalized spacial score (nSPS) is 12.1. The van der Waals surface area contributed by atoms with Crippen LogP contribution in [0.4, 0.5) is 5.82 Å². The number of rotatable bonds is 3. The number of pyridine rings is 1. The minimum Gasteiger partial charge on any atom is -0.383 e. The van der Waals surface area contributed by atoms with E-state index in [4.69, 9.17) is 5.73 Å². The lowest BCUT2D eigenvalue weighted by molar-refractivity contribution is 0.0940. The van der Waals surface area contributed by atoms with Gasteiger partial charge in [-0.25, -0.2) is 9.97 Å². The number of aromatic nitrogens is 2. The summed E-state index contributed by atoms with van der Waals surface area (Å²) in [5, 5.41) is 3.73. The fourth-order valence-electron chi connectivity index (χ4n) is 1.52. The SMILES string of the molecule is Cc1cnc(C(C)NC(=O)c2cccnc2N)s1. The quantitative estimate of drug-likeness (QED) is 0.885. The molecule has 6 heteroatoms. The Balaban J connectivity index is 2.10. The van der Waals surface area contributed by atoms with Gasteiger partial charge in [0, 0.05) is 17.3 Å². The van der Waals surface area contributed by atoms with Crippen molar-refractivity contribution in [3.05, 3.63) is 40.0 Å². The molecule has 2 aromatic rings. The van der Waals surface area contributed by atoms with Gasteiger partial charge in [-0.3, -0.25) is 4.79 Å². The van der Waals surface area contributed by atoms with E-state index in [0.717, 1.165) is 9.88 Å². The van der Waals surface area contributed by atoms with Gasteiger partial charge in [0.15, 0.2) is 0 Å². The van der Waals surface area contributed by atoms with Gasteiger partial charge >= 0.3 is 0 Å². The van der Waals surface area contributed by atoms with Gasteiger partial charge in [-0.15, -0.1) is 11.3 Å². The number of nitrogens with zero attached hydrogens (tertiary/aromatic N) is 2. The maximum atomic E-state index is 12.0. The lowest BCUT2D eigenvalue weighted by Crippen LogP contribution is -2.27. The predicted octanol–water partition coefficient (Wildman–Crippen LogP) is 1.92. The number of nitrogens with two attached hydrogens (primary N) is 1. The zero-order chi connectivity index (χ0) is 13.1. The molecule has 1 atom stereocenters. The van der Waals surface area contributed by atoms with Gasteiger partial charge in [0.2, 0.25) is 0 Å². The van der Waals surface area contributed by atoms with Crippen LogP contribution in [0.2, 0.25) is 0 Å². The van der Waals surface area contributed by atoms with E-state index in [-0.39, 0.29) is 17.8 Å². The van der Waals surface area contributed by atoms with Crippen LogP contribution in [0.15, 0.2) is 24.5 Å². The highest BCUT2D eigenvalue weighted by Crippen LogP contribution is 2.19. The molecule has 2 heterocycles. The number of nitrogens with one attached hydrogen (secondary N) is 1. The molecule has 0 saturated carbocycles. The third-order valence-corrected chi connectivity index (χ3v) is 3.54. The number of hydrogen-bond acceptors (Lipinski definition) is 5. The van der Waals surface area contributed by atoms with Crippen molar-refractivity contribution in [1.82, 2.24) is 15.3 Å². The molecular formula is C12H14N4OS. The van der Waals surface area contributed by atoms with Crippen LogP contribution >= 0.6 is 11.3 Å². The average Bonchev–Trinajstić information content (AvgIpc) is 2.76. The van der Waals surface area contributed by atoms with Crippen LogP contribution in [0.3, 0.4) is 0 Å². The number of nitrogen functional groups attached to an aromatic ring is 1. The molecule has 3 N–H and O–H groups in total. The van der Waals surface area contributed by atoms with Crippen LogP contribution in [-0.2, 0) is 0 Å². The molecule has 0 aromatic carbocycles. The molecule has 2 rings (SSSR count). The van der Waals surface area contributed by atoms with E-state index in [9.17, 15) is 4.79 Å². The fraction of sp³-hybridized carbons (Fsp3) is 0.250. The largest absolute Gasteiger partial charge is 0.383 e. The van der Waals surface area contributed by atoms with Gasteiger partial charge < -0.3 is 11.1 Å². The Hall–Kier alpha value is -1.95. The number of aryl methyl sites for hydroxylation is 1. The monoisotopic (exact) mass is 262 g/mol. The zero-order valence-corrected chi connectivity index (χ0v) is 11.0. The van der Waals surface area contributed by atoms with E-state index in [1.54, 1.807) is 35.9 Å². The second kappa shape index (κ2) is 5.14. The molecule has 5 nitrogen and oxygen atoms in total. The highest BCUT2D eigenvalue weighted by Gasteiger charge is 2.15. The molecule has 0 radical (unpaired) electrons. The van der Waals surface area contributed by atoms with E-state index < -0.39 is 0 Å². The summed E-state index contributed by atoms with van der Waals surface area (Å²) < 4.78 is 0. The molecule has 1 unspecified atom stereocenters. The summed E-state index contributed by atoms with van der Waals surface area (Å²) >= 11 is 1.56. The minimum atomic E-state index is -0.235. The Labute approximate surface area is 109 Å². The van der Waals surface area contributed by atoms with E-state index >= 15 is 0 Å². The fourth-order valence-corrected chi connectivity index (χ4v) is 2.29. The van der Waals surface area contributed by atoms with Crippen molar-refractivity contribution in [2.75, 3.05) is 5.73 Å². The Morgan fingerprint density at radius 1 is 1.50 bits per heavy atom. The maximum Gasteiger partial charge on any atom is 0.255 e. The Kier molecular flexibility index (Phi) is 3.57. The smallest absolute Gasteiger partial charge is 0.255 e. The standard InChI is InChI=1S/C12H14N4OS/c1-7-6-15-12(18-7)8(2)16-11(17)9-4-3-5-14-10(9)13/h3-6,8H,1-2H3,(H2,13,14)(H,16,17). The summed E-state index contributed by atoms with van der Waals surface area (Å²) in [6, 6.07) is 3.19. The molecule has 18 heavy (non-hydrogen) atoms. The summed E-state index contributed by atoms with van der Waals surface area (Å²) in [6.45, 7) is 3.87. The Bertz CT molecular complexity index is 567. The van der Waals surface area contributed by atoms with E-state index in [2.05, 4.69) is 15.3 Å². The Morgan fingerprint density at radius 3 is 2.89 bits per heavy atom. The van der Waals surface area contributed by atoms with Crippen molar-refractivity contribution in [3.8, 4) is 0 Å². The van der Waals surface area contributed by atoms with E-state index in [1.165, 1.54) is 0 Å². The van der Waals surface area contributed by atoms with Crippen molar-refractivity contribution < 1.29 is 4.79 Å². The van der Waals surface area contributed by atoms with Crippen LogP contribution in [0.5, 0.6) is 0 Å². The van der Waals surface area contributed by atoms with Crippen molar-refractivity contribution >= 4 is 23.1 Å². The first-order chi connectivity index (χ1) is 8.58. The molecule has 0 aliphatic carbocycles. The highest BCUT2D eigenvalue weighted by molar-refractivity contribution is 7.11. The number of hydrogen-bond donors (Lipinski definition) is 2. The van der Waals surface area contributed by atoms with Gasteiger partial charge in [-0.1, -0.05) is 0 Å². The lowest BCUT2D eigenvalue weighted by Gasteiger charge is -2.11. The predicted molar refractivity (Wildman–Crippen MR) is 71.4 cm³/mol. The summed E-state index contributed by atoms with van der Waals surface area (Å²) in [5.74, 6) is -0.00141. The molecule has 0 bridgehead atoms. The molecule has 0 aliphatic rings. The number of carbonyl (C=O) groups is 1. The highest BCUT2D eigenvalue weighted by atomic mass is 32.1. The summed E-state index contributed by atoms with van der Waals surface area (Å²) in [6.07, 6.45) is 3.35. The second-order valence-corrected chi connectivity index (χ2v) is 5.21. The minimum absolute atomic E-state index is 0.143. The summed E-state index contributed by atoms with van der Waals surface area (Å²) in [4.78, 5) is 21.2. The number of thiazole rings is 1. The van der Waals surface area contributed by atoms with Gasteiger partial charge in [-0.05, 0) is 26.0 Å². The molecule has 0 spiro atoms. The third kappa shape index (κ3) is 2.65. The maximum absolute atomic E-state index is 12.0. The number of carbonyl (C=O) groups excluding carboxylic acids is 1. The van der Waals surface area contributed by atoms with E-state index in [0.29, 0.717) is 5.56 Å². The third-order valence-electron chi connectivity index (χ3n) is 2.44. The first kappa shape index (κ1) is 12.5. The molecular weight excluding hydrogens is 248 g/mol. The van der Waals surface area contributed by atoms with Crippen molar-refractivity contribution in [2.24, 2.45) is 0 Å². The Morgan fingerprint density at radius 2 is 2.28 bits per heavy atom. The average molecular weight is 262 g/mol. The molecule has 0 aliphatic heterocycles. The summed E-state index contributed by atoms with van der Waals surface area (Å²) in [7, 11) is 0. The van der Waals surface area contributed by atoms with Crippen LogP contribution in [0.25, 0.3) is 0 Å². The van der Waals surface area contributed by atoms with Crippen LogP contribution in [0.1, 0.15) is 33.2 Å². The van der Waals surface area contributed by atoms with Crippen LogP contribution in [0, 0.1) is 6.92 Å². The number of amides is 1. The molecule has 0 fully saturated rings. The van der Waals surface area contributed by atoms with E-state index in [1.807, 2.05) is 13.8 Å². The summed E-state index contributed by atoms with van der Waals surface area (Å²) in [5.41, 5.74) is 6.04. The van der Waals surface area contributed by atoms with Gasteiger partial charge in [0.05, 0.1) is 11.6 Å². The molecule has 2 aromatic heterocycles. The van der Waals surface area contributed by atoms with Gasteiger partial charge in [-0.2, -0.15) is 0 Å². The van der Waals surface area contributed by atoms with Gasteiger partial charge in [0.1, 0.15) is 10.8 Å². The first-order valence-electron chi connectivity index (χ1n) is 5.51. The second-order valence-electron chi connectivity index (χ2n) is 3.94. The molecule has 0 saturated heterocycles. The first-order valence-corrected chi connectivity index (χ1v) is 6.33. The van der Waals surface area contributed by atoms with Crippen LogP contribution in [-0.4, -0.2) is 15.9 Å². The van der Waals surface area contributed by atoms with Crippen LogP contribution < -0.4 is 11.1 Å². The zero-order valence-electron chi connectivity index (χ0n) is 10.2. The lowest BCUT2D eigenvalue weighted by atomic mass is 10.2. The van der Waals surface area contributed by atoms with Crippen molar-refractivity contribution in [2.45, 2.75) is 19.9 Å². The van der Waals surface area contributed by atoms with Crippen molar-refractivity contribution in [3.63, 3.8) is 0 Å². The topological polar surface area (TPSA) is 80.9 Å². The molecule has 1 amide bonds. The van der Waals surface area contributed by atoms with Crippen molar-refractivity contribution in [1.29, 1.82) is 0 Å². The number of anilines is 1. The molecule has 94 valence electrons.